The fraction of sp³-hybridized carbons (Fsp3) is 0.118. The summed E-state index contributed by atoms with van der Waals surface area (Å²) in [7, 11) is 1.50. The van der Waals surface area contributed by atoms with Gasteiger partial charge >= 0.3 is 5.97 Å². The summed E-state index contributed by atoms with van der Waals surface area (Å²) in [5, 5.41) is 18.4. The summed E-state index contributed by atoms with van der Waals surface area (Å²) in [5.74, 6) is -0.428. The van der Waals surface area contributed by atoms with Crippen molar-refractivity contribution in [3.63, 3.8) is 0 Å². The van der Waals surface area contributed by atoms with Crippen LogP contribution in [-0.2, 0) is 0 Å². The smallest absolute Gasteiger partial charge is 0.335 e. The van der Waals surface area contributed by atoms with Gasteiger partial charge in [0.1, 0.15) is 0 Å². The Labute approximate surface area is 122 Å². The molecule has 0 fully saturated rings. The fourth-order valence-corrected chi connectivity index (χ4v) is 1.99. The topological polar surface area (TPSA) is 66.8 Å². The van der Waals surface area contributed by atoms with E-state index in [-0.39, 0.29) is 11.3 Å². The lowest BCUT2D eigenvalue weighted by Crippen LogP contribution is -1.95. The zero-order valence-corrected chi connectivity index (χ0v) is 11.8. The molecule has 0 radical (unpaired) electrons. The second-order valence-corrected chi connectivity index (χ2v) is 4.64. The van der Waals surface area contributed by atoms with E-state index in [4.69, 9.17) is 9.84 Å². The first kappa shape index (κ1) is 14.7. The number of aromatic hydroxyl groups is 1. The molecule has 2 aromatic carbocycles. The first-order valence-corrected chi connectivity index (χ1v) is 6.40. The highest BCUT2D eigenvalue weighted by molar-refractivity contribution is 5.88. The maximum absolute atomic E-state index is 10.8. The summed E-state index contributed by atoms with van der Waals surface area (Å²) in [5.41, 5.74) is 3.08. The Morgan fingerprint density at radius 3 is 2.29 bits per heavy atom. The number of phenolic OH excluding ortho intramolecular Hbond substituents is 1. The summed E-state index contributed by atoms with van der Waals surface area (Å²) in [6, 6.07) is 11.8. The van der Waals surface area contributed by atoms with Crippen molar-refractivity contribution in [3.8, 4) is 11.5 Å². The number of allylic oxidation sites excluding steroid dienone is 1. The lowest BCUT2D eigenvalue weighted by Gasteiger charge is -2.06. The van der Waals surface area contributed by atoms with Crippen molar-refractivity contribution in [2.75, 3.05) is 7.11 Å². The van der Waals surface area contributed by atoms with Crippen molar-refractivity contribution >= 4 is 17.6 Å². The van der Waals surface area contributed by atoms with Gasteiger partial charge in [0.25, 0.3) is 0 Å². The Kier molecular flexibility index (Phi) is 4.28. The van der Waals surface area contributed by atoms with E-state index in [1.165, 1.54) is 7.11 Å². The molecular formula is C17H16O4. The Morgan fingerprint density at radius 2 is 1.71 bits per heavy atom. The van der Waals surface area contributed by atoms with Crippen LogP contribution >= 0.6 is 0 Å². The monoisotopic (exact) mass is 284 g/mol. The van der Waals surface area contributed by atoms with Gasteiger partial charge in [-0.25, -0.2) is 4.79 Å². The van der Waals surface area contributed by atoms with Crippen LogP contribution in [0.2, 0.25) is 0 Å². The average molecular weight is 284 g/mol. The molecule has 2 rings (SSSR count). The molecule has 0 aliphatic heterocycles. The number of aromatic carboxylic acids is 1. The molecule has 0 saturated heterocycles. The van der Waals surface area contributed by atoms with E-state index in [1.54, 1.807) is 42.5 Å². The van der Waals surface area contributed by atoms with Gasteiger partial charge in [-0.3, -0.25) is 0 Å². The highest BCUT2D eigenvalue weighted by Gasteiger charge is 2.04. The quantitative estimate of drug-likeness (QED) is 0.841. The van der Waals surface area contributed by atoms with Crippen molar-refractivity contribution in [2.45, 2.75) is 6.92 Å². The minimum Gasteiger partial charge on any atom is -0.504 e. The number of carboxylic acid groups (broad SMARTS) is 1. The van der Waals surface area contributed by atoms with Crippen molar-refractivity contribution in [3.05, 3.63) is 59.2 Å². The SMILES string of the molecule is COc1cc(C=C(C)c2ccc(C(=O)O)cc2)ccc1O. The number of phenols is 1. The van der Waals surface area contributed by atoms with E-state index in [2.05, 4.69) is 0 Å². The number of benzene rings is 2. The van der Waals surface area contributed by atoms with Crippen LogP contribution in [0.25, 0.3) is 11.6 Å². The number of carbonyl (C=O) groups is 1. The predicted molar refractivity (Wildman–Crippen MR) is 81.6 cm³/mol. The van der Waals surface area contributed by atoms with Gasteiger partial charge in [0.15, 0.2) is 11.5 Å². The lowest BCUT2D eigenvalue weighted by atomic mass is 10.0. The van der Waals surface area contributed by atoms with Gasteiger partial charge in [-0.05, 0) is 47.9 Å². The largest absolute Gasteiger partial charge is 0.504 e. The molecule has 4 heteroatoms. The normalized spacial score (nSPS) is 11.2. The van der Waals surface area contributed by atoms with Crippen LogP contribution in [0, 0.1) is 0 Å². The molecule has 0 aliphatic rings. The van der Waals surface area contributed by atoms with Gasteiger partial charge in [-0.1, -0.05) is 24.3 Å². The zero-order chi connectivity index (χ0) is 15.4. The summed E-state index contributed by atoms with van der Waals surface area (Å²) >= 11 is 0. The third-order valence-corrected chi connectivity index (χ3v) is 3.17. The molecule has 108 valence electrons. The van der Waals surface area contributed by atoms with Crippen molar-refractivity contribution < 1.29 is 19.7 Å². The van der Waals surface area contributed by atoms with Crippen molar-refractivity contribution in [2.24, 2.45) is 0 Å². The second-order valence-electron chi connectivity index (χ2n) is 4.64. The molecule has 0 unspecified atom stereocenters. The first-order valence-electron chi connectivity index (χ1n) is 6.40. The molecule has 0 saturated carbocycles. The number of hydrogen-bond acceptors (Lipinski definition) is 3. The van der Waals surface area contributed by atoms with E-state index in [1.807, 2.05) is 13.0 Å². The van der Waals surface area contributed by atoms with E-state index in [0.29, 0.717) is 5.75 Å². The van der Waals surface area contributed by atoms with Gasteiger partial charge in [0.2, 0.25) is 0 Å². The van der Waals surface area contributed by atoms with E-state index < -0.39 is 5.97 Å². The molecule has 0 aromatic heterocycles. The molecular weight excluding hydrogens is 268 g/mol. The zero-order valence-electron chi connectivity index (χ0n) is 11.8. The average Bonchev–Trinajstić information content (AvgIpc) is 2.49. The lowest BCUT2D eigenvalue weighted by molar-refractivity contribution is 0.0697. The van der Waals surface area contributed by atoms with Crippen LogP contribution in [0.15, 0.2) is 42.5 Å². The molecule has 2 N–H and O–H groups in total. The summed E-state index contributed by atoms with van der Waals surface area (Å²) < 4.78 is 5.07. The summed E-state index contributed by atoms with van der Waals surface area (Å²) in [6.07, 6.45) is 1.94. The predicted octanol–water partition coefficient (Wildman–Crippen LogP) is 3.66. The van der Waals surface area contributed by atoms with Crippen molar-refractivity contribution in [1.82, 2.24) is 0 Å². The molecule has 2 aromatic rings. The molecule has 0 spiro atoms. The number of ether oxygens (including phenoxy) is 1. The Bertz CT molecular complexity index is 684. The first-order chi connectivity index (χ1) is 10.0. The maximum Gasteiger partial charge on any atom is 0.335 e. The summed E-state index contributed by atoms with van der Waals surface area (Å²) in [4.78, 5) is 10.8. The highest BCUT2D eigenvalue weighted by Crippen LogP contribution is 2.28. The van der Waals surface area contributed by atoms with Gasteiger partial charge in [-0.2, -0.15) is 0 Å². The standard InChI is InChI=1S/C17H16O4/c1-11(13-4-6-14(7-5-13)17(19)20)9-12-3-8-15(18)16(10-12)21-2/h3-10,18H,1-2H3,(H,19,20). The maximum atomic E-state index is 10.8. The minimum absolute atomic E-state index is 0.0955. The third kappa shape index (κ3) is 3.42. The third-order valence-electron chi connectivity index (χ3n) is 3.17. The molecule has 0 aliphatic carbocycles. The van der Waals surface area contributed by atoms with Crippen LogP contribution in [0.5, 0.6) is 11.5 Å². The van der Waals surface area contributed by atoms with Gasteiger partial charge < -0.3 is 14.9 Å². The van der Waals surface area contributed by atoms with Gasteiger partial charge in [0, 0.05) is 0 Å². The van der Waals surface area contributed by atoms with Gasteiger partial charge in [-0.15, -0.1) is 0 Å². The summed E-state index contributed by atoms with van der Waals surface area (Å²) in [6.45, 7) is 1.94. The molecule has 0 atom stereocenters. The van der Waals surface area contributed by atoms with Crippen LogP contribution in [-0.4, -0.2) is 23.3 Å². The fourth-order valence-electron chi connectivity index (χ4n) is 1.99. The number of hydrogen-bond donors (Lipinski definition) is 2. The second kappa shape index (κ2) is 6.13. The molecule has 0 amide bonds. The van der Waals surface area contributed by atoms with Crippen LogP contribution < -0.4 is 4.74 Å². The molecule has 0 bridgehead atoms. The molecule has 4 nitrogen and oxygen atoms in total. The number of rotatable bonds is 4. The van der Waals surface area contributed by atoms with Crippen molar-refractivity contribution in [1.29, 1.82) is 0 Å². The minimum atomic E-state index is -0.938. The van der Waals surface area contributed by atoms with Crippen LogP contribution in [0.1, 0.15) is 28.4 Å². The van der Waals surface area contributed by atoms with E-state index >= 15 is 0 Å². The molecule has 21 heavy (non-hydrogen) atoms. The van der Waals surface area contributed by atoms with E-state index in [0.717, 1.165) is 16.7 Å². The Morgan fingerprint density at radius 1 is 1.10 bits per heavy atom. The number of methoxy groups -OCH3 is 1. The van der Waals surface area contributed by atoms with Gasteiger partial charge in [0.05, 0.1) is 12.7 Å². The van der Waals surface area contributed by atoms with Crippen LogP contribution in [0.4, 0.5) is 0 Å². The Balaban J connectivity index is 2.30. The molecule has 0 heterocycles. The highest BCUT2D eigenvalue weighted by atomic mass is 16.5. The Hall–Kier alpha value is -2.75. The van der Waals surface area contributed by atoms with Crippen LogP contribution in [0.3, 0.4) is 0 Å². The van der Waals surface area contributed by atoms with E-state index in [9.17, 15) is 9.90 Å². The number of carboxylic acids is 1.